The largest absolute Gasteiger partial charge is 0.491 e. The molecule has 192 valence electrons. The maximum absolute atomic E-state index is 12.5. The van der Waals surface area contributed by atoms with Gasteiger partial charge in [0.15, 0.2) is 0 Å². The summed E-state index contributed by atoms with van der Waals surface area (Å²) in [4.78, 5) is 23.2. The number of thioether (sulfide) groups is 1. The molecule has 4 atom stereocenters. The van der Waals surface area contributed by atoms with Gasteiger partial charge in [0.2, 0.25) is 0 Å². The predicted octanol–water partition coefficient (Wildman–Crippen LogP) is 5.62. The van der Waals surface area contributed by atoms with Gasteiger partial charge in [0.1, 0.15) is 23.7 Å². The van der Waals surface area contributed by atoms with Crippen LogP contribution in [0.2, 0.25) is 0 Å². The molecule has 1 aromatic carbocycles. The van der Waals surface area contributed by atoms with Gasteiger partial charge in [-0.15, -0.1) is 0 Å². The van der Waals surface area contributed by atoms with Crippen molar-refractivity contribution in [1.29, 1.82) is 0 Å². The van der Waals surface area contributed by atoms with E-state index in [0.717, 1.165) is 43.0 Å². The van der Waals surface area contributed by atoms with Gasteiger partial charge in [-0.1, -0.05) is 61.4 Å². The molecule has 8 heteroatoms. The van der Waals surface area contributed by atoms with Crippen LogP contribution in [0, 0.1) is 5.92 Å². The number of Topliss-reactive ketones (excluding diaryl/α,β-unsaturated/α-hetero) is 1. The summed E-state index contributed by atoms with van der Waals surface area (Å²) in [5.41, 5.74) is -1.04. The van der Waals surface area contributed by atoms with E-state index in [0.29, 0.717) is 30.8 Å². The topological polar surface area (TPSA) is 104 Å². The molecule has 0 radical (unpaired) electrons. The van der Waals surface area contributed by atoms with Crippen molar-refractivity contribution in [3.8, 4) is 5.75 Å². The highest BCUT2D eigenvalue weighted by Gasteiger charge is 2.42. The molecule has 1 aliphatic carbocycles. The van der Waals surface area contributed by atoms with Crippen LogP contribution in [0.3, 0.4) is 0 Å². The predicted molar refractivity (Wildman–Crippen MR) is 139 cm³/mol. The Kier molecular flexibility index (Phi) is 13.0. The van der Waals surface area contributed by atoms with E-state index in [4.69, 9.17) is 9.84 Å². The monoisotopic (exact) mass is 558 g/mol. The minimum Gasteiger partial charge on any atom is -0.491 e. The molecule has 0 heterocycles. The van der Waals surface area contributed by atoms with Crippen molar-refractivity contribution < 1.29 is 29.6 Å². The number of hydrogen-bond donors (Lipinski definition) is 3. The third-order valence-corrected chi connectivity index (χ3v) is 8.63. The quantitative estimate of drug-likeness (QED) is 0.213. The normalized spacial score (nSPS) is 22.0. The summed E-state index contributed by atoms with van der Waals surface area (Å²) in [5, 5.41) is 30.5. The van der Waals surface area contributed by atoms with E-state index in [1.54, 1.807) is 0 Å². The maximum Gasteiger partial charge on any atom is 0.303 e. The lowest BCUT2D eigenvalue weighted by atomic mass is 9.97. The van der Waals surface area contributed by atoms with E-state index in [2.05, 4.69) is 22.9 Å². The number of carbonyl (C=O) groups is 2. The number of aliphatic hydroxyl groups is 2. The van der Waals surface area contributed by atoms with Crippen molar-refractivity contribution in [1.82, 2.24) is 0 Å². The van der Waals surface area contributed by atoms with Crippen LogP contribution in [-0.2, 0) is 9.59 Å². The standard InChI is InChI=1S/C26H39BrO6S/c1-2-3-8-15-26(32,17-33-20-13-11-19(27)12-14-20)18-34-25-21(22(28)16-23(25)29)9-6-4-5-7-10-24(30)31/h11-14,21,23,25,29,32H,2-10,15-18H2,1H3,(H,30,31)/t21-,23?,25+,26?/m0/s1. The van der Waals surface area contributed by atoms with Crippen LogP contribution in [0.4, 0.5) is 0 Å². The number of carboxylic acid groups (broad SMARTS) is 1. The molecule has 1 aromatic rings. The third kappa shape index (κ3) is 10.3. The van der Waals surface area contributed by atoms with Crippen molar-refractivity contribution >= 4 is 39.4 Å². The molecule has 2 unspecified atom stereocenters. The Balaban J connectivity index is 1.91. The lowest BCUT2D eigenvalue weighted by molar-refractivity contribution is -0.137. The highest BCUT2D eigenvalue weighted by molar-refractivity contribution is 9.10. The molecule has 2 rings (SSSR count). The molecule has 0 saturated heterocycles. The number of carboxylic acids is 1. The number of ether oxygens (including phenoxy) is 1. The Morgan fingerprint density at radius 2 is 1.85 bits per heavy atom. The summed E-state index contributed by atoms with van der Waals surface area (Å²) in [5.74, 6) is 0.195. The van der Waals surface area contributed by atoms with Gasteiger partial charge in [0, 0.05) is 34.2 Å². The molecule has 34 heavy (non-hydrogen) atoms. The van der Waals surface area contributed by atoms with E-state index >= 15 is 0 Å². The number of halogens is 1. The highest BCUT2D eigenvalue weighted by atomic mass is 79.9. The average molecular weight is 560 g/mol. The van der Waals surface area contributed by atoms with Crippen molar-refractivity contribution in [3.05, 3.63) is 28.7 Å². The first-order chi connectivity index (χ1) is 16.2. The molecule has 1 aliphatic rings. The zero-order chi connectivity index (χ0) is 25.0. The van der Waals surface area contributed by atoms with Crippen LogP contribution in [0.5, 0.6) is 5.75 Å². The van der Waals surface area contributed by atoms with Crippen molar-refractivity contribution in [2.45, 2.75) is 94.5 Å². The van der Waals surface area contributed by atoms with Gasteiger partial charge in [0.05, 0.1) is 6.10 Å². The molecule has 0 spiro atoms. The molecule has 1 fully saturated rings. The number of benzene rings is 1. The third-order valence-electron chi connectivity index (χ3n) is 6.37. The van der Waals surface area contributed by atoms with Gasteiger partial charge in [-0.3, -0.25) is 9.59 Å². The van der Waals surface area contributed by atoms with E-state index in [1.165, 1.54) is 11.8 Å². The summed E-state index contributed by atoms with van der Waals surface area (Å²) in [6.07, 6.45) is 7.14. The Hall–Kier alpha value is -1.09. The highest BCUT2D eigenvalue weighted by Crippen LogP contribution is 2.38. The van der Waals surface area contributed by atoms with Crippen LogP contribution < -0.4 is 4.74 Å². The molecule has 0 amide bonds. The summed E-state index contributed by atoms with van der Waals surface area (Å²) < 4.78 is 6.87. The fourth-order valence-corrected chi connectivity index (χ4v) is 6.19. The summed E-state index contributed by atoms with van der Waals surface area (Å²) in [6.45, 7) is 2.29. The summed E-state index contributed by atoms with van der Waals surface area (Å²) in [7, 11) is 0. The smallest absolute Gasteiger partial charge is 0.303 e. The minimum atomic E-state index is -1.04. The van der Waals surface area contributed by atoms with Crippen molar-refractivity contribution in [2.24, 2.45) is 5.92 Å². The number of unbranched alkanes of at least 4 members (excludes halogenated alkanes) is 5. The molecule has 3 N–H and O–H groups in total. The number of ketones is 1. The molecular weight excluding hydrogens is 520 g/mol. The first kappa shape index (κ1) is 29.1. The van der Waals surface area contributed by atoms with E-state index < -0.39 is 17.7 Å². The average Bonchev–Trinajstić information content (AvgIpc) is 3.06. The van der Waals surface area contributed by atoms with Gasteiger partial charge in [0.25, 0.3) is 0 Å². The SMILES string of the molecule is CCCCCC(O)(COc1ccc(Br)cc1)CS[C@H]1C(O)CC(=O)[C@@H]1CCCCCCC(=O)O. The Morgan fingerprint density at radius 3 is 2.53 bits per heavy atom. The zero-order valence-electron chi connectivity index (χ0n) is 20.1. The second-order valence-electron chi connectivity index (χ2n) is 9.39. The van der Waals surface area contributed by atoms with Crippen LogP contribution >= 0.6 is 27.7 Å². The molecule has 1 saturated carbocycles. The van der Waals surface area contributed by atoms with Gasteiger partial charge in [-0.05, 0) is 43.5 Å². The van der Waals surface area contributed by atoms with Crippen molar-refractivity contribution in [3.63, 3.8) is 0 Å². The summed E-state index contributed by atoms with van der Waals surface area (Å²) in [6, 6.07) is 7.51. The fraction of sp³-hybridized carbons (Fsp3) is 0.692. The Bertz CT molecular complexity index is 758. The Labute approximate surface area is 216 Å². The first-order valence-corrected chi connectivity index (χ1v) is 14.2. The van der Waals surface area contributed by atoms with Gasteiger partial charge in [-0.2, -0.15) is 11.8 Å². The van der Waals surface area contributed by atoms with Crippen LogP contribution in [-0.4, -0.2) is 56.4 Å². The minimum absolute atomic E-state index is 0.0937. The number of hydrogen-bond acceptors (Lipinski definition) is 6. The molecule has 0 aromatic heterocycles. The van der Waals surface area contributed by atoms with Gasteiger partial charge < -0.3 is 20.1 Å². The van der Waals surface area contributed by atoms with E-state index in [-0.39, 0.29) is 36.4 Å². The molecular formula is C26H39BrO6S. The van der Waals surface area contributed by atoms with Crippen molar-refractivity contribution in [2.75, 3.05) is 12.4 Å². The number of carbonyl (C=O) groups excluding carboxylic acids is 1. The van der Waals surface area contributed by atoms with Crippen LogP contribution in [0.15, 0.2) is 28.7 Å². The molecule has 0 aliphatic heterocycles. The van der Waals surface area contributed by atoms with E-state index in [1.807, 2.05) is 24.3 Å². The zero-order valence-corrected chi connectivity index (χ0v) is 22.5. The second-order valence-corrected chi connectivity index (χ2v) is 11.5. The van der Waals surface area contributed by atoms with E-state index in [9.17, 15) is 19.8 Å². The van der Waals surface area contributed by atoms with Gasteiger partial charge in [-0.25, -0.2) is 0 Å². The lowest BCUT2D eigenvalue weighted by Crippen LogP contribution is -2.40. The molecule has 0 bridgehead atoms. The number of rotatable bonds is 17. The maximum atomic E-state index is 12.5. The lowest BCUT2D eigenvalue weighted by Gasteiger charge is -2.31. The number of aliphatic carboxylic acids is 1. The van der Waals surface area contributed by atoms with Crippen LogP contribution in [0.1, 0.15) is 77.6 Å². The Morgan fingerprint density at radius 1 is 1.15 bits per heavy atom. The molecule has 6 nitrogen and oxygen atoms in total. The number of aliphatic hydroxyl groups excluding tert-OH is 1. The van der Waals surface area contributed by atoms with Crippen LogP contribution in [0.25, 0.3) is 0 Å². The van der Waals surface area contributed by atoms with Gasteiger partial charge >= 0.3 is 5.97 Å². The first-order valence-electron chi connectivity index (χ1n) is 12.4. The fourth-order valence-electron chi connectivity index (χ4n) is 4.36. The summed E-state index contributed by atoms with van der Waals surface area (Å²) >= 11 is 4.90. The second kappa shape index (κ2) is 15.1.